The lowest BCUT2D eigenvalue weighted by molar-refractivity contribution is 0.182. The van der Waals surface area contributed by atoms with E-state index in [4.69, 9.17) is 4.74 Å². The zero-order chi connectivity index (χ0) is 14.8. The Kier molecular flexibility index (Phi) is 4.71. The van der Waals surface area contributed by atoms with Crippen molar-refractivity contribution in [2.24, 2.45) is 0 Å². The van der Waals surface area contributed by atoms with Crippen molar-refractivity contribution >= 4 is 0 Å². The summed E-state index contributed by atoms with van der Waals surface area (Å²) < 4.78 is 5.38. The van der Waals surface area contributed by atoms with Gasteiger partial charge in [-0.25, -0.2) is 0 Å². The Hall–Kier alpha value is -1.06. The first-order valence-corrected chi connectivity index (χ1v) is 7.51. The summed E-state index contributed by atoms with van der Waals surface area (Å²) in [6.07, 6.45) is 3.66. The highest BCUT2D eigenvalue weighted by atomic mass is 16.5. The SMILES string of the molecule is COc1ccc2c(c1)C(NCC(C)(C)N(C)C)CCC2. The van der Waals surface area contributed by atoms with E-state index < -0.39 is 0 Å². The maximum Gasteiger partial charge on any atom is 0.119 e. The van der Waals surface area contributed by atoms with E-state index >= 15 is 0 Å². The normalized spacial score (nSPS) is 19.0. The summed E-state index contributed by atoms with van der Waals surface area (Å²) >= 11 is 0. The maximum atomic E-state index is 5.38. The molecule has 0 radical (unpaired) electrons. The summed E-state index contributed by atoms with van der Waals surface area (Å²) in [4.78, 5) is 2.27. The number of hydrogen-bond donors (Lipinski definition) is 1. The Morgan fingerprint density at radius 1 is 1.35 bits per heavy atom. The molecule has 3 nitrogen and oxygen atoms in total. The van der Waals surface area contributed by atoms with Crippen LogP contribution >= 0.6 is 0 Å². The van der Waals surface area contributed by atoms with Gasteiger partial charge in [0.1, 0.15) is 5.75 Å². The van der Waals surface area contributed by atoms with Gasteiger partial charge in [0, 0.05) is 18.1 Å². The van der Waals surface area contributed by atoms with Gasteiger partial charge < -0.3 is 15.0 Å². The molecule has 1 aliphatic carbocycles. The second-order valence-electron chi connectivity index (χ2n) is 6.60. The Morgan fingerprint density at radius 3 is 2.75 bits per heavy atom. The number of benzene rings is 1. The van der Waals surface area contributed by atoms with Crippen LogP contribution in [0.25, 0.3) is 0 Å². The van der Waals surface area contributed by atoms with Gasteiger partial charge in [0.15, 0.2) is 0 Å². The lowest BCUT2D eigenvalue weighted by Crippen LogP contribution is -2.47. The minimum absolute atomic E-state index is 0.163. The molecule has 1 aliphatic rings. The lowest BCUT2D eigenvalue weighted by atomic mass is 9.87. The van der Waals surface area contributed by atoms with Crippen molar-refractivity contribution in [3.05, 3.63) is 29.3 Å². The first-order chi connectivity index (χ1) is 9.44. The smallest absolute Gasteiger partial charge is 0.119 e. The standard InChI is InChI=1S/C17H28N2O/c1-17(2,19(3)4)12-18-16-8-6-7-13-9-10-14(20-5)11-15(13)16/h9-11,16,18H,6-8,12H2,1-5H3. The molecule has 2 rings (SSSR count). The average Bonchev–Trinajstić information content (AvgIpc) is 2.44. The van der Waals surface area contributed by atoms with Gasteiger partial charge in [-0.1, -0.05) is 6.07 Å². The zero-order valence-electron chi connectivity index (χ0n) is 13.5. The average molecular weight is 276 g/mol. The number of fused-ring (bicyclic) bond motifs is 1. The van der Waals surface area contributed by atoms with Crippen molar-refractivity contribution in [1.29, 1.82) is 0 Å². The number of nitrogens with one attached hydrogen (secondary N) is 1. The van der Waals surface area contributed by atoms with Gasteiger partial charge in [-0.15, -0.1) is 0 Å². The minimum atomic E-state index is 0.163. The second kappa shape index (κ2) is 6.15. The van der Waals surface area contributed by atoms with Crippen LogP contribution in [0.4, 0.5) is 0 Å². The zero-order valence-corrected chi connectivity index (χ0v) is 13.5. The van der Waals surface area contributed by atoms with Crippen molar-refractivity contribution in [2.45, 2.75) is 44.7 Å². The quantitative estimate of drug-likeness (QED) is 0.895. The van der Waals surface area contributed by atoms with Crippen LogP contribution in [-0.2, 0) is 6.42 Å². The third-order valence-corrected chi connectivity index (χ3v) is 4.66. The fraction of sp³-hybridized carbons (Fsp3) is 0.647. The predicted octanol–water partition coefficient (Wildman–Crippen LogP) is 3.00. The summed E-state index contributed by atoms with van der Waals surface area (Å²) in [6.45, 7) is 5.53. The molecule has 0 bridgehead atoms. The fourth-order valence-electron chi connectivity index (χ4n) is 2.65. The summed E-state index contributed by atoms with van der Waals surface area (Å²) in [5, 5.41) is 3.75. The van der Waals surface area contributed by atoms with E-state index in [1.54, 1.807) is 7.11 Å². The van der Waals surface area contributed by atoms with E-state index in [0.29, 0.717) is 6.04 Å². The molecule has 0 heterocycles. The number of aryl methyl sites for hydroxylation is 1. The largest absolute Gasteiger partial charge is 0.497 e. The van der Waals surface area contributed by atoms with Crippen LogP contribution in [0.2, 0.25) is 0 Å². The predicted molar refractivity (Wildman–Crippen MR) is 84.4 cm³/mol. The molecule has 112 valence electrons. The third-order valence-electron chi connectivity index (χ3n) is 4.66. The molecule has 1 N–H and O–H groups in total. The van der Waals surface area contributed by atoms with Crippen molar-refractivity contribution in [3.63, 3.8) is 0 Å². The van der Waals surface area contributed by atoms with Crippen LogP contribution in [0.15, 0.2) is 18.2 Å². The van der Waals surface area contributed by atoms with Gasteiger partial charge in [0.05, 0.1) is 7.11 Å². The molecule has 1 unspecified atom stereocenters. The Bertz CT molecular complexity index is 454. The van der Waals surface area contributed by atoms with Crippen molar-refractivity contribution < 1.29 is 4.74 Å². The number of ether oxygens (including phenoxy) is 1. The summed E-state index contributed by atoms with van der Waals surface area (Å²) in [7, 11) is 6.02. The number of rotatable bonds is 5. The minimum Gasteiger partial charge on any atom is -0.497 e. The van der Waals surface area contributed by atoms with Gasteiger partial charge >= 0.3 is 0 Å². The second-order valence-corrected chi connectivity index (χ2v) is 6.60. The van der Waals surface area contributed by atoms with Crippen LogP contribution in [0.3, 0.4) is 0 Å². The molecular weight excluding hydrogens is 248 g/mol. The van der Waals surface area contributed by atoms with E-state index in [1.807, 2.05) is 0 Å². The number of hydrogen-bond acceptors (Lipinski definition) is 3. The Morgan fingerprint density at radius 2 is 2.10 bits per heavy atom. The molecule has 1 aromatic carbocycles. The molecule has 0 saturated carbocycles. The summed E-state index contributed by atoms with van der Waals surface area (Å²) in [6, 6.07) is 6.95. The molecule has 0 aromatic heterocycles. The molecule has 0 amide bonds. The van der Waals surface area contributed by atoms with E-state index in [2.05, 4.69) is 56.4 Å². The van der Waals surface area contributed by atoms with Crippen LogP contribution in [0.1, 0.15) is 43.9 Å². The molecule has 0 aliphatic heterocycles. The molecule has 1 atom stereocenters. The molecule has 0 fully saturated rings. The van der Waals surface area contributed by atoms with E-state index in [-0.39, 0.29) is 5.54 Å². The molecule has 0 spiro atoms. The molecule has 1 aromatic rings. The highest BCUT2D eigenvalue weighted by Crippen LogP contribution is 2.32. The summed E-state index contributed by atoms with van der Waals surface area (Å²) in [5.41, 5.74) is 3.05. The van der Waals surface area contributed by atoms with Gasteiger partial charge in [0.2, 0.25) is 0 Å². The van der Waals surface area contributed by atoms with E-state index in [1.165, 1.54) is 30.4 Å². The van der Waals surface area contributed by atoms with Gasteiger partial charge in [-0.3, -0.25) is 0 Å². The third kappa shape index (κ3) is 3.33. The maximum absolute atomic E-state index is 5.38. The molecular formula is C17H28N2O. The van der Waals surface area contributed by atoms with Gasteiger partial charge in [0.25, 0.3) is 0 Å². The van der Waals surface area contributed by atoms with Crippen molar-refractivity contribution in [1.82, 2.24) is 10.2 Å². The first-order valence-electron chi connectivity index (χ1n) is 7.51. The highest BCUT2D eigenvalue weighted by molar-refractivity contribution is 5.39. The van der Waals surface area contributed by atoms with Crippen molar-refractivity contribution in [3.8, 4) is 5.75 Å². The van der Waals surface area contributed by atoms with Crippen LogP contribution in [0.5, 0.6) is 5.75 Å². The first kappa shape index (κ1) is 15.3. The van der Waals surface area contributed by atoms with Gasteiger partial charge in [-0.05, 0) is 70.5 Å². The van der Waals surface area contributed by atoms with E-state index in [9.17, 15) is 0 Å². The summed E-state index contributed by atoms with van der Waals surface area (Å²) in [5.74, 6) is 0.962. The lowest BCUT2D eigenvalue weighted by Gasteiger charge is -2.36. The number of likely N-dealkylation sites (N-methyl/N-ethyl adjacent to an activating group) is 1. The van der Waals surface area contributed by atoms with Crippen molar-refractivity contribution in [2.75, 3.05) is 27.7 Å². The van der Waals surface area contributed by atoms with Crippen LogP contribution in [-0.4, -0.2) is 38.2 Å². The van der Waals surface area contributed by atoms with E-state index in [0.717, 1.165) is 12.3 Å². The van der Waals surface area contributed by atoms with Crippen LogP contribution < -0.4 is 10.1 Å². The molecule has 3 heteroatoms. The highest BCUT2D eigenvalue weighted by Gasteiger charge is 2.25. The monoisotopic (exact) mass is 276 g/mol. The molecule has 0 saturated heterocycles. The number of nitrogens with zero attached hydrogens (tertiary/aromatic N) is 1. The molecule has 20 heavy (non-hydrogen) atoms. The van der Waals surface area contributed by atoms with Crippen LogP contribution in [0, 0.1) is 0 Å². The fourth-order valence-corrected chi connectivity index (χ4v) is 2.65. The number of methoxy groups -OCH3 is 1. The van der Waals surface area contributed by atoms with Gasteiger partial charge in [-0.2, -0.15) is 0 Å². The topological polar surface area (TPSA) is 24.5 Å². The Labute approximate surface area is 123 Å². The Balaban J connectivity index is 2.12.